The molecule has 2 fully saturated rings. The van der Waals surface area contributed by atoms with Crippen molar-refractivity contribution in [1.29, 1.82) is 0 Å². The van der Waals surface area contributed by atoms with Crippen LogP contribution in [0.5, 0.6) is 0 Å². The fraction of sp³-hybridized carbons (Fsp3) is 0.409. The minimum atomic E-state index is -0.672. The van der Waals surface area contributed by atoms with Crippen LogP contribution in [0.25, 0.3) is 0 Å². The molecule has 0 aliphatic carbocycles. The lowest BCUT2D eigenvalue weighted by molar-refractivity contribution is -0.136. The lowest BCUT2D eigenvalue weighted by Crippen LogP contribution is -2.52. The van der Waals surface area contributed by atoms with E-state index in [2.05, 4.69) is 20.9 Å². The molecule has 0 bridgehead atoms. The monoisotopic (exact) mass is 469 g/mol. The van der Waals surface area contributed by atoms with Crippen LogP contribution in [-0.2, 0) is 26.4 Å². The number of rotatable bonds is 4. The van der Waals surface area contributed by atoms with Gasteiger partial charge in [-0.2, -0.15) is 0 Å². The Balaban J connectivity index is 1.29. The summed E-state index contributed by atoms with van der Waals surface area (Å²) in [5.74, 6) is -1.02. The molecule has 0 spiro atoms. The second-order valence-corrected chi connectivity index (χ2v) is 9.28. The van der Waals surface area contributed by atoms with Gasteiger partial charge in [0.15, 0.2) is 0 Å². The summed E-state index contributed by atoms with van der Waals surface area (Å²) in [6.07, 6.45) is 3.50. The summed E-state index contributed by atoms with van der Waals surface area (Å²) in [6, 6.07) is 4.04. The molecule has 2 saturated heterocycles. The Hall–Kier alpha value is -3.31. The van der Waals surface area contributed by atoms with E-state index in [4.69, 9.17) is 4.74 Å². The molecular formula is C22H23N5O5S. The molecule has 33 heavy (non-hydrogen) atoms. The van der Waals surface area contributed by atoms with Crippen LogP contribution in [-0.4, -0.2) is 52.9 Å². The number of aromatic nitrogens is 1. The van der Waals surface area contributed by atoms with Gasteiger partial charge in [-0.15, -0.1) is 11.3 Å². The van der Waals surface area contributed by atoms with E-state index in [1.807, 2.05) is 5.38 Å². The SMILES string of the molecule is O=C1CCC(N2Cc3cc(NC(=O)NC4(c5nccs5)CCOCC4)ccc3C2=O)C(=O)N1. The van der Waals surface area contributed by atoms with Gasteiger partial charge >= 0.3 is 6.03 Å². The van der Waals surface area contributed by atoms with E-state index >= 15 is 0 Å². The van der Waals surface area contributed by atoms with E-state index in [-0.39, 0.29) is 30.8 Å². The summed E-state index contributed by atoms with van der Waals surface area (Å²) < 4.78 is 5.48. The van der Waals surface area contributed by atoms with Gasteiger partial charge in [-0.1, -0.05) is 0 Å². The third kappa shape index (κ3) is 4.09. The second kappa shape index (κ2) is 8.56. The molecule has 5 amide bonds. The highest BCUT2D eigenvalue weighted by Crippen LogP contribution is 2.34. The first-order valence-corrected chi connectivity index (χ1v) is 11.7. The first-order chi connectivity index (χ1) is 15.9. The molecule has 1 aromatic carbocycles. The number of amides is 5. The molecular weight excluding hydrogens is 446 g/mol. The van der Waals surface area contributed by atoms with Crippen LogP contribution in [0, 0.1) is 0 Å². The number of benzene rings is 1. The van der Waals surface area contributed by atoms with E-state index in [0.29, 0.717) is 43.7 Å². The number of imide groups is 1. The molecule has 10 nitrogen and oxygen atoms in total. The van der Waals surface area contributed by atoms with Crippen LogP contribution in [0.4, 0.5) is 10.5 Å². The number of hydrogen-bond donors (Lipinski definition) is 3. The predicted octanol–water partition coefficient (Wildman–Crippen LogP) is 1.73. The Bertz CT molecular complexity index is 1110. The van der Waals surface area contributed by atoms with E-state index in [1.165, 1.54) is 16.2 Å². The molecule has 2 aromatic rings. The number of urea groups is 1. The average Bonchev–Trinajstić information content (AvgIpc) is 3.44. The number of nitrogens with zero attached hydrogens (tertiary/aromatic N) is 2. The zero-order valence-corrected chi connectivity index (χ0v) is 18.6. The Kier molecular flexibility index (Phi) is 5.59. The third-order valence-electron chi connectivity index (χ3n) is 6.32. The smallest absolute Gasteiger partial charge is 0.320 e. The molecule has 5 rings (SSSR count). The van der Waals surface area contributed by atoms with E-state index < -0.39 is 17.5 Å². The highest BCUT2D eigenvalue weighted by molar-refractivity contribution is 7.09. The van der Waals surface area contributed by atoms with Gasteiger partial charge < -0.3 is 20.3 Å². The summed E-state index contributed by atoms with van der Waals surface area (Å²) in [7, 11) is 0. The molecule has 3 N–H and O–H groups in total. The maximum Gasteiger partial charge on any atom is 0.320 e. The number of hydrogen-bond acceptors (Lipinski definition) is 7. The van der Waals surface area contributed by atoms with Gasteiger partial charge in [0, 0.05) is 61.8 Å². The van der Waals surface area contributed by atoms with E-state index in [0.717, 1.165) is 10.6 Å². The second-order valence-electron chi connectivity index (χ2n) is 8.38. The number of anilines is 1. The molecule has 0 saturated carbocycles. The van der Waals surface area contributed by atoms with Crippen molar-refractivity contribution in [3.05, 3.63) is 45.9 Å². The minimum Gasteiger partial charge on any atom is -0.381 e. The molecule has 1 aromatic heterocycles. The number of fused-ring (bicyclic) bond motifs is 1. The quantitative estimate of drug-likeness (QED) is 0.585. The lowest BCUT2D eigenvalue weighted by atomic mass is 9.91. The summed E-state index contributed by atoms with van der Waals surface area (Å²) in [5.41, 5.74) is 1.19. The van der Waals surface area contributed by atoms with Crippen molar-refractivity contribution in [2.75, 3.05) is 18.5 Å². The van der Waals surface area contributed by atoms with Crippen LogP contribution in [0.15, 0.2) is 29.8 Å². The van der Waals surface area contributed by atoms with Crippen molar-refractivity contribution in [1.82, 2.24) is 20.5 Å². The van der Waals surface area contributed by atoms with Gasteiger partial charge in [0.2, 0.25) is 11.8 Å². The molecule has 172 valence electrons. The zero-order valence-electron chi connectivity index (χ0n) is 17.8. The zero-order chi connectivity index (χ0) is 23.0. The normalized spacial score (nSPS) is 22.0. The Morgan fingerprint density at radius 3 is 2.79 bits per heavy atom. The lowest BCUT2D eigenvalue weighted by Gasteiger charge is -2.36. The Morgan fingerprint density at radius 2 is 2.06 bits per heavy atom. The maximum absolute atomic E-state index is 12.9. The summed E-state index contributed by atoms with van der Waals surface area (Å²) in [6.45, 7) is 1.33. The van der Waals surface area contributed by atoms with Gasteiger partial charge in [-0.3, -0.25) is 19.7 Å². The molecule has 3 aliphatic rings. The third-order valence-corrected chi connectivity index (χ3v) is 7.30. The molecule has 4 heterocycles. The Labute approximate surface area is 193 Å². The first kappa shape index (κ1) is 21.5. The molecule has 1 unspecified atom stereocenters. The van der Waals surface area contributed by atoms with Gasteiger partial charge in [-0.05, 0) is 30.2 Å². The maximum atomic E-state index is 12.9. The molecule has 1 atom stereocenters. The minimum absolute atomic E-state index is 0.204. The number of carbonyl (C=O) groups excluding carboxylic acids is 4. The van der Waals surface area contributed by atoms with E-state index in [9.17, 15) is 19.2 Å². The number of ether oxygens (including phenoxy) is 1. The molecule has 3 aliphatic heterocycles. The van der Waals surface area contributed by atoms with Crippen LogP contribution < -0.4 is 16.0 Å². The largest absolute Gasteiger partial charge is 0.381 e. The number of carbonyl (C=O) groups is 4. The van der Waals surface area contributed by atoms with Gasteiger partial charge in [0.25, 0.3) is 5.91 Å². The molecule has 0 radical (unpaired) electrons. The summed E-state index contributed by atoms with van der Waals surface area (Å²) in [5, 5.41) is 11.0. The first-order valence-electron chi connectivity index (χ1n) is 10.8. The highest BCUT2D eigenvalue weighted by atomic mass is 32.1. The topological polar surface area (TPSA) is 130 Å². The Morgan fingerprint density at radius 1 is 1.24 bits per heavy atom. The molecule has 11 heteroatoms. The van der Waals surface area contributed by atoms with Crippen molar-refractivity contribution in [3.63, 3.8) is 0 Å². The van der Waals surface area contributed by atoms with Gasteiger partial charge in [-0.25, -0.2) is 9.78 Å². The summed E-state index contributed by atoms with van der Waals surface area (Å²) >= 11 is 1.50. The fourth-order valence-corrected chi connectivity index (χ4v) is 5.46. The van der Waals surface area contributed by atoms with Crippen molar-refractivity contribution in [2.24, 2.45) is 0 Å². The van der Waals surface area contributed by atoms with Crippen molar-refractivity contribution in [2.45, 2.75) is 43.8 Å². The predicted molar refractivity (Wildman–Crippen MR) is 118 cm³/mol. The van der Waals surface area contributed by atoms with E-state index in [1.54, 1.807) is 24.4 Å². The van der Waals surface area contributed by atoms with Crippen LogP contribution in [0.1, 0.15) is 46.6 Å². The summed E-state index contributed by atoms with van der Waals surface area (Å²) in [4.78, 5) is 55.3. The number of piperidine rings is 1. The van der Waals surface area contributed by atoms with Crippen LogP contribution in [0.2, 0.25) is 0 Å². The van der Waals surface area contributed by atoms with Crippen LogP contribution in [0.3, 0.4) is 0 Å². The number of nitrogens with one attached hydrogen (secondary N) is 3. The number of thiazole rings is 1. The average molecular weight is 470 g/mol. The standard InChI is InChI=1S/C22H23N5O5S/c28-17-4-3-16(18(29)25-17)27-12-13-11-14(1-2-15(13)19(27)30)24-21(31)26-22(5-8-32-9-6-22)20-23-7-10-33-20/h1-2,7,10-11,16H,3-6,8-9,12H2,(H2,24,26,31)(H,25,28,29). The fourth-order valence-electron chi connectivity index (χ4n) is 4.60. The van der Waals surface area contributed by atoms with Crippen LogP contribution >= 0.6 is 11.3 Å². The van der Waals surface area contributed by atoms with Gasteiger partial charge in [0.05, 0.1) is 5.54 Å². The van der Waals surface area contributed by atoms with Crippen molar-refractivity contribution >= 4 is 40.8 Å². The highest BCUT2D eigenvalue weighted by Gasteiger charge is 2.40. The van der Waals surface area contributed by atoms with Gasteiger partial charge in [0.1, 0.15) is 11.0 Å². The van der Waals surface area contributed by atoms with Crippen molar-refractivity contribution < 1.29 is 23.9 Å². The van der Waals surface area contributed by atoms with Crippen molar-refractivity contribution in [3.8, 4) is 0 Å².